The second-order valence-electron chi connectivity index (χ2n) is 12.3. The van der Waals surface area contributed by atoms with Crippen molar-refractivity contribution in [3.63, 3.8) is 0 Å². The molecule has 5 rings (SSSR count). The third-order valence-corrected chi connectivity index (χ3v) is 10.6. The maximum absolute atomic E-state index is 14.4. The van der Waals surface area contributed by atoms with Crippen LogP contribution in [0.1, 0.15) is 50.2 Å². The zero-order valence-corrected chi connectivity index (χ0v) is 26.1. The van der Waals surface area contributed by atoms with Gasteiger partial charge in [-0.3, -0.25) is 14.4 Å². The molecule has 3 aromatic rings. The molecule has 8 heteroatoms. The number of nitrogens with one attached hydrogen (secondary N) is 2. The fourth-order valence-electron chi connectivity index (χ4n) is 6.91. The Morgan fingerprint density at radius 1 is 0.977 bits per heavy atom. The summed E-state index contributed by atoms with van der Waals surface area (Å²) in [6, 6.07) is 23.6. The molecule has 7 nitrogen and oxygen atoms in total. The highest BCUT2D eigenvalue weighted by molar-refractivity contribution is 8.00. The number of rotatable bonds is 10. The largest absolute Gasteiger partial charge is 0.356 e. The van der Waals surface area contributed by atoms with Crippen LogP contribution in [0.5, 0.6) is 0 Å². The van der Waals surface area contributed by atoms with Crippen LogP contribution in [0.2, 0.25) is 0 Å². The van der Waals surface area contributed by atoms with Crippen molar-refractivity contribution in [1.82, 2.24) is 15.5 Å². The van der Waals surface area contributed by atoms with Crippen LogP contribution in [-0.4, -0.2) is 65.3 Å². The Balaban J connectivity index is 1.44. The molecule has 4 atom stereocenters. The molecule has 0 spiro atoms. The quantitative estimate of drug-likeness (QED) is 0.319. The van der Waals surface area contributed by atoms with Gasteiger partial charge in [-0.1, -0.05) is 72.8 Å². The summed E-state index contributed by atoms with van der Waals surface area (Å²) in [6.45, 7) is 3.32. The summed E-state index contributed by atoms with van der Waals surface area (Å²) < 4.78 is -0.638. The molecule has 228 valence electrons. The number of carbonyl (C=O) groups is 3. The predicted octanol–water partition coefficient (Wildman–Crippen LogP) is 4.47. The van der Waals surface area contributed by atoms with Gasteiger partial charge in [0, 0.05) is 32.1 Å². The van der Waals surface area contributed by atoms with Crippen molar-refractivity contribution in [2.45, 2.75) is 68.7 Å². The smallest absolute Gasteiger partial charge is 0.245 e. The molecule has 0 bridgehead atoms. The van der Waals surface area contributed by atoms with E-state index in [1.54, 1.807) is 0 Å². The maximum Gasteiger partial charge on any atom is 0.245 e. The lowest BCUT2D eigenvalue weighted by molar-refractivity contribution is -0.144. The van der Waals surface area contributed by atoms with Crippen LogP contribution >= 0.6 is 11.8 Å². The molecule has 3 amide bonds. The van der Waals surface area contributed by atoms with E-state index >= 15 is 0 Å². The minimum atomic E-state index is -0.753. The monoisotopic (exact) mass is 600 g/mol. The molecule has 1 saturated carbocycles. The molecule has 0 aromatic heterocycles. The van der Waals surface area contributed by atoms with Gasteiger partial charge in [0.25, 0.3) is 0 Å². The van der Waals surface area contributed by atoms with Crippen molar-refractivity contribution in [3.05, 3.63) is 83.9 Å². The molecule has 1 aliphatic carbocycles. The zero-order chi connectivity index (χ0) is 30.5. The number of benzene rings is 3. The number of carbonyl (C=O) groups excluding carboxylic acids is 3. The minimum absolute atomic E-state index is 0.0206. The molecule has 1 heterocycles. The van der Waals surface area contributed by atoms with E-state index in [1.165, 1.54) is 11.8 Å². The van der Waals surface area contributed by atoms with Gasteiger partial charge in [0.15, 0.2) is 0 Å². The van der Waals surface area contributed by atoms with E-state index in [4.69, 9.17) is 5.73 Å². The first-order valence-corrected chi connectivity index (χ1v) is 16.7. The SMILES string of the molecule is CCNC(=O)[C@]1(Cc2ccccc2)CCCN(C(=O)[C@@H](Cc2ccc3ccccc3c2)NC(=O)C2(SC)CC[C@H](N)C2)C1. The van der Waals surface area contributed by atoms with Crippen molar-refractivity contribution in [3.8, 4) is 0 Å². The highest BCUT2D eigenvalue weighted by Crippen LogP contribution is 2.40. The molecule has 1 aliphatic heterocycles. The Labute approximate surface area is 259 Å². The first-order valence-electron chi connectivity index (χ1n) is 15.5. The molecular formula is C35H44N4O3S. The number of amides is 3. The lowest BCUT2D eigenvalue weighted by atomic mass is 9.74. The number of hydrogen-bond acceptors (Lipinski definition) is 5. The molecule has 2 aliphatic rings. The van der Waals surface area contributed by atoms with Crippen LogP contribution in [0.25, 0.3) is 10.8 Å². The van der Waals surface area contributed by atoms with Gasteiger partial charge in [-0.15, -0.1) is 11.8 Å². The van der Waals surface area contributed by atoms with Crippen LogP contribution < -0.4 is 16.4 Å². The highest BCUT2D eigenvalue weighted by Gasteiger charge is 2.47. The molecule has 1 saturated heterocycles. The summed E-state index contributed by atoms with van der Waals surface area (Å²) in [4.78, 5) is 43.8. The minimum Gasteiger partial charge on any atom is -0.356 e. The third-order valence-electron chi connectivity index (χ3n) is 9.27. The van der Waals surface area contributed by atoms with Crippen LogP contribution in [0.15, 0.2) is 72.8 Å². The number of nitrogens with two attached hydrogens (primary N) is 1. The van der Waals surface area contributed by atoms with E-state index in [-0.39, 0.29) is 23.8 Å². The van der Waals surface area contributed by atoms with Crippen molar-refractivity contribution >= 4 is 40.3 Å². The number of thioether (sulfide) groups is 1. The predicted molar refractivity (Wildman–Crippen MR) is 175 cm³/mol. The standard InChI is InChI=1S/C35H44N4O3S/c1-3-37-32(41)34(22-25-10-5-4-6-11-25)17-9-19-39(24-34)31(40)30(38-33(42)35(43-2)18-16-29(36)23-35)21-26-14-15-27-12-7-8-13-28(27)20-26/h4-8,10-15,20,29-30H,3,9,16-19,21-24,36H2,1-2H3,(H,37,41)(H,38,42)/t29-,30+,34-,35?/m0/s1. The van der Waals surface area contributed by atoms with E-state index in [1.807, 2.05) is 66.6 Å². The Hall–Kier alpha value is -3.36. The number of likely N-dealkylation sites (tertiary alicyclic amines) is 1. The average molecular weight is 601 g/mol. The van der Waals surface area contributed by atoms with E-state index < -0.39 is 16.2 Å². The maximum atomic E-state index is 14.4. The van der Waals surface area contributed by atoms with Crippen LogP contribution in [0.4, 0.5) is 0 Å². The van der Waals surface area contributed by atoms with Crippen molar-refractivity contribution in [1.29, 1.82) is 0 Å². The van der Waals surface area contributed by atoms with Gasteiger partial charge in [0.2, 0.25) is 17.7 Å². The summed E-state index contributed by atoms with van der Waals surface area (Å²) in [5, 5.41) is 8.46. The Morgan fingerprint density at radius 3 is 2.42 bits per heavy atom. The topological polar surface area (TPSA) is 105 Å². The number of hydrogen-bond donors (Lipinski definition) is 3. The second-order valence-corrected chi connectivity index (χ2v) is 13.5. The summed E-state index contributed by atoms with van der Waals surface area (Å²) in [5.41, 5.74) is 7.57. The average Bonchev–Trinajstić information content (AvgIpc) is 3.43. The summed E-state index contributed by atoms with van der Waals surface area (Å²) in [6.07, 6.45) is 6.37. The lowest BCUT2D eigenvalue weighted by Gasteiger charge is -2.43. The molecule has 2 fully saturated rings. The first kappa shape index (κ1) is 31.1. The van der Waals surface area contributed by atoms with Crippen LogP contribution in [0, 0.1) is 5.41 Å². The molecule has 43 heavy (non-hydrogen) atoms. The second kappa shape index (κ2) is 13.5. The van der Waals surface area contributed by atoms with Gasteiger partial charge in [0.1, 0.15) is 6.04 Å². The molecule has 3 aromatic carbocycles. The number of fused-ring (bicyclic) bond motifs is 1. The number of nitrogens with zero attached hydrogens (tertiary/aromatic N) is 1. The third kappa shape index (κ3) is 6.91. The summed E-state index contributed by atoms with van der Waals surface area (Å²) >= 11 is 1.53. The van der Waals surface area contributed by atoms with Crippen molar-refractivity contribution in [2.75, 3.05) is 25.9 Å². The molecule has 1 unspecified atom stereocenters. The van der Waals surface area contributed by atoms with Gasteiger partial charge in [-0.2, -0.15) is 0 Å². The lowest BCUT2D eigenvalue weighted by Crippen LogP contribution is -2.59. The molecular weight excluding hydrogens is 556 g/mol. The summed E-state index contributed by atoms with van der Waals surface area (Å²) in [5.74, 6) is -0.280. The van der Waals surface area contributed by atoms with E-state index in [0.717, 1.165) is 34.7 Å². The highest BCUT2D eigenvalue weighted by atomic mass is 32.2. The molecule has 0 radical (unpaired) electrons. The fraction of sp³-hybridized carbons (Fsp3) is 0.457. The van der Waals surface area contributed by atoms with E-state index in [0.29, 0.717) is 51.7 Å². The first-order chi connectivity index (χ1) is 20.8. The van der Waals surface area contributed by atoms with Gasteiger partial charge in [-0.25, -0.2) is 0 Å². The van der Waals surface area contributed by atoms with Gasteiger partial charge >= 0.3 is 0 Å². The van der Waals surface area contributed by atoms with Gasteiger partial charge < -0.3 is 21.3 Å². The van der Waals surface area contributed by atoms with E-state index in [9.17, 15) is 14.4 Å². The Bertz CT molecular complexity index is 1450. The Kier molecular flexibility index (Phi) is 9.77. The van der Waals surface area contributed by atoms with Crippen LogP contribution in [0.3, 0.4) is 0 Å². The Morgan fingerprint density at radius 2 is 1.72 bits per heavy atom. The normalized spacial score (nSPS) is 24.4. The van der Waals surface area contributed by atoms with E-state index in [2.05, 4.69) is 34.9 Å². The van der Waals surface area contributed by atoms with Crippen molar-refractivity contribution < 1.29 is 14.4 Å². The molecule has 4 N–H and O–H groups in total. The van der Waals surface area contributed by atoms with Gasteiger partial charge in [0.05, 0.1) is 10.2 Å². The van der Waals surface area contributed by atoms with Gasteiger partial charge in [-0.05, 0) is 73.6 Å². The fourth-order valence-corrected chi connectivity index (χ4v) is 7.85. The van der Waals surface area contributed by atoms with Crippen molar-refractivity contribution in [2.24, 2.45) is 11.1 Å². The summed E-state index contributed by atoms with van der Waals surface area (Å²) in [7, 11) is 0. The van der Waals surface area contributed by atoms with Crippen LogP contribution in [-0.2, 0) is 27.2 Å². The number of piperidine rings is 1. The zero-order valence-electron chi connectivity index (χ0n) is 25.3.